The number of benzene rings is 1. The van der Waals surface area contributed by atoms with Gasteiger partial charge in [0, 0.05) is 49.8 Å². The minimum absolute atomic E-state index is 0.0178. The van der Waals surface area contributed by atoms with Crippen molar-refractivity contribution >= 4 is 15.7 Å². The lowest BCUT2D eigenvalue weighted by molar-refractivity contribution is -0.130. The summed E-state index contributed by atoms with van der Waals surface area (Å²) in [4.78, 5) is 19.9. The number of nitrogens with zero attached hydrogens (tertiary/aromatic N) is 3. The summed E-state index contributed by atoms with van der Waals surface area (Å²) in [7, 11) is -3.25. The number of ether oxygens (including phenoxy) is 1. The average molecular weight is 448 g/mol. The van der Waals surface area contributed by atoms with E-state index in [9.17, 15) is 13.2 Å². The molecule has 0 radical (unpaired) electrons. The zero-order valence-corrected chi connectivity index (χ0v) is 19.0. The van der Waals surface area contributed by atoms with Gasteiger partial charge in [-0.25, -0.2) is 8.42 Å². The Morgan fingerprint density at radius 3 is 2.48 bits per heavy atom. The Labute approximate surface area is 182 Å². The summed E-state index contributed by atoms with van der Waals surface area (Å²) in [5.74, 6) is 1.49. The van der Waals surface area contributed by atoms with Crippen LogP contribution in [0.2, 0.25) is 0 Å². The lowest BCUT2D eigenvalue weighted by atomic mass is 9.72. The van der Waals surface area contributed by atoms with E-state index < -0.39 is 9.84 Å². The molecule has 0 N–H and O–H groups in total. The second kappa shape index (κ2) is 8.35. The molecule has 0 bridgehead atoms. The zero-order chi connectivity index (χ0) is 22.2. The molecule has 2 aliphatic heterocycles. The number of hydrogen-bond acceptors (Lipinski definition) is 7. The van der Waals surface area contributed by atoms with Gasteiger partial charge in [0.15, 0.2) is 15.7 Å². The van der Waals surface area contributed by atoms with Crippen LogP contribution >= 0.6 is 0 Å². The molecule has 4 rings (SSSR count). The fourth-order valence-corrected chi connectivity index (χ4v) is 5.19. The summed E-state index contributed by atoms with van der Waals surface area (Å²) in [6.07, 6.45) is 3.12. The molecule has 0 aliphatic carbocycles. The summed E-state index contributed by atoms with van der Waals surface area (Å²) >= 11 is 0. The summed E-state index contributed by atoms with van der Waals surface area (Å²) in [5, 5.41) is 4.26. The number of likely N-dealkylation sites (tertiary alicyclic amines) is 1. The van der Waals surface area contributed by atoms with Crippen LogP contribution in [0.15, 0.2) is 33.7 Å². The van der Waals surface area contributed by atoms with Gasteiger partial charge < -0.3 is 14.2 Å². The van der Waals surface area contributed by atoms with Gasteiger partial charge in [0.2, 0.25) is 11.8 Å². The summed E-state index contributed by atoms with van der Waals surface area (Å²) in [5.41, 5.74) is 0.690. The molecule has 3 heterocycles. The quantitative estimate of drug-likeness (QED) is 0.694. The normalized spacial score (nSPS) is 21.2. The van der Waals surface area contributed by atoms with Crippen molar-refractivity contribution in [2.45, 2.75) is 49.8 Å². The Bertz CT molecular complexity index is 1040. The maximum Gasteiger partial charge on any atom is 0.229 e. The molecule has 1 amide bonds. The third-order valence-corrected chi connectivity index (χ3v) is 7.59. The number of rotatable bonds is 5. The first-order chi connectivity index (χ1) is 14.7. The average Bonchev–Trinajstić information content (AvgIpc) is 3.34. The number of carbonyl (C=O) groups excluding carboxylic acids is 1. The van der Waals surface area contributed by atoms with E-state index in [1.165, 1.54) is 6.26 Å². The van der Waals surface area contributed by atoms with Gasteiger partial charge in [-0.3, -0.25) is 4.79 Å². The third-order valence-electron chi connectivity index (χ3n) is 6.46. The predicted octanol–water partition coefficient (Wildman–Crippen LogP) is 2.56. The Kier molecular flexibility index (Phi) is 5.91. The van der Waals surface area contributed by atoms with E-state index in [2.05, 4.69) is 10.1 Å². The molecule has 2 aliphatic rings. The van der Waals surface area contributed by atoms with Crippen LogP contribution in [0, 0.1) is 5.41 Å². The monoisotopic (exact) mass is 447 g/mol. The molecule has 1 spiro atoms. The van der Waals surface area contributed by atoms with E-state index in [1.54, 1.807) is 24.3 Å². The maximum absolute atomic E-state index is 13.1. The topological polar surface area (TPSA) is 103 Å². The highest BCUT2D eigenvalue weighted by atomic mass is 32.2. The number of carbonyl (C=O) groups is 1. The van der Waals surface area contributed by atoms with E-state index in [0.717, 1.165) is 18.4 Å². The van der Waals surface area contributed by atoms with Gasteiger partial charge in [0.05, 0.1) is 11.3 Å². The van der Waals surface area contributed by atoms with Crippen LogP contribution in [0.3, 0.4) is 0 Å². The minimum Gasteiger partial charge on any atom is -0.381 e. The van der Waals surface area contributed by atoms with Crippen molar-refractivity contribution in [3.8, 4) is 0 Å². The molecule has 1 unspecified atom stereocenters. The van der Waals surface area contributed by atoms with Gasteiger partial charge in [-0.2, -0.15) is 4.98 Å². The van der Waals surface area contributed by atoms with Crippen molar-refractivity contribution in [2.24, 2.45) is 5.41 Å². The molecule has 1 aromatic carbocycles. The first-order valence-electron chi connectivity index (χ1n) is 10.7. The van der Waals surface area contributed by atoms with Crippen molar-refractivity contribution < 1.29 is 22.5 Å². The van der Waals surface area contributed by atoms with Crippen LogP contribution in [0.25, 0.3) is 0 Å². The van der Waals surface area contributed by atoms with Gasteiger partial charge >= 0.3 is 0 Å². The molecular weight excluding hydrogens is 418 g/mol. The van der Waals surface area contributed by atoms with E-state index in [1.807, 2.05) is 18.7 Å². The zero-order valence-electron chi connectivity index (χ0n) is 18.2. The van der Waals surface area contributed by atoms with Gasteiger partial charge in [0.25, 0.3) is 0 Å². The molecule has 2 fully saturated rings. The fourth-order valence-electron chi connectivity index (χ4n) is 4.56. The van der Waals surface area contributed by atoms with Crippen LogP contribution in [-0.2, 0) is 25.8 Å². The van der Waals surface area contributed by atoms with Gasteiger partial charge in [-0.15, -0.1) is 0 Å². The standard InChI is InChI=1S/C22H29N3O5S/c1-15(2)21-23-20(24-30-21)18-13-25(14-22(18)8-10-29-11-9-22)19(26)12-16-4-6-17(7-5-16)31(3,27)28/h4-7,15,18H,8-14H2,1-3H3. The Balaban J connectivity index is 1.52. The Hall–Kier alpha value is -2.26. The van der Waals surface area contributed by atoms with E-state index in [4.69, 9.17) is 9.26 Å². The number of sulfone groups is 1. The van der Waals surface area contributed by atoms with Crippen LogP contribution in [0.1, 0.15) is 55.8 Å². The second-order valence-electron chi connectivity index (χ2n) is 9.04. The van der Waals surface area contributed by atoms with Crippen LogP contribution < -0.4 is 0 Å². The molecule has 1 aromatic heterocycles. The smallest absolute Gasteiger partial charge is 0.229 e. The highest BCUT2D eigenvalue weighted by molar-refractivity contribution is 7.90. The molecule has 31 heavy (non-hydrogen) atoms. The molecule has 168 valence electrons. The number of hydrogen-bond donors (Lipinski definition) is 0. The van der Waals surface area contributed by atoms with Crippen LogP contribution in [-0.4, -0.2) is 61.9 Å². The molecule has 2 aromatic rings. The Morgan fingerprint density at radius 2 is 1.90 bits per heavy atom. The molecule has 8 nitrogen and oxygen atoms in total. The lowest BCUT2D eigenvalue weighted by Crippen LogP contribution is -2.37. The molecular formula is C22H29N3O5S. The van der Waals surface area contributed by atoms with Crippen molar-refractivity contribution in [2.75, 3.05) is 32.6 Å². The SMILES string of the molecule is CC(C)c1nc(C2CN(C(=O)Cc3ccc(S(C)(=O)=O)cc3)CC23CCOCC3)no1. The van der Waals surface area contributed by atoms with Crippen LogP contribution in [0.4, 0.5) is 0 Å². The number of aromatic nitrogens is 2. The van der Waals surface area contributed by atoms with Crippen molar-refractivity contribution in [3.63, 3.8) is 0 Å². The molecule has 1 atom stereocenters. The summed E-state index contributed by atoms with van der Waals surface area (Å²) in [6, 6.07) is 6.52. The van der Waals surface area contributed by atoms with Gasteiger partial charge in [-0.05, 0) is 30.5 Å². The van der Waals surface area contributed by atoms with E-state index in [0.29, 0.717) is 38.0 Å². The van der Waals surface area contributed by atoms with Crippen molar-refractivity contribution in [3.05, 3.63) is 41.5 Å². The van der Waals surface area contributed by atoms with Crippen molar-refractivity contribution in [1.29, 1.82) is 0 Å². The first-order valence-corrected chi connectivity index (χ1v) is 12.6. The van der Waals surface area contributed by atoms with Crippen LogP contribution in [0.5, 0.6) is 0 Å². The molecule has 0 saturated carbocycles. The first kappa shape index (κ1) is 22.0. The lowest BCUT2D eigenvalue weighted by Gasteiger charge is -2.36. The minimum atomic E-state index is -3.25. The van der Waals surface area contributed by atoms with Crippen molar-refractivity contribution in [1.82, 2.24) is 15.0 Å². The number of amides is 1. The van der Waals surface area contributed by atoms with Gasteiger partial charge in [0.1, 0.15) is 0 Å². The largest absolute Gasteiger partial charge is 0.381 e. The van der Waals surface area contributed by atoms with E-state index >= 15 is 0 Å². The summed E-state index contributed by atoms with van der Waals surface area (Å²) in [6.45, 7) is 6.56. The maximum atomic E-state index is 13.1. The molecule has 9 heteroatoms. The predicted molar refractivity (Wildman–Crippen MR) is 113 cm³/mol. The third kappa shape index (κ3) is 4.52. The summed E-state index contributed by atoms with van der Waals surface area (Å²) < 4.78 is 34.4. The fraction of sp³-hybridized carbons (Fsp3) is 0.591. The Morgan fingerprint density at radius 1 is 1.23 bits per heavy atom. The highest BCUT2D eigenvalue weighted by Gasteiger charge is 2.51. The second-order valence-corrected chi connectivity index (χ2v) is 11.1. The van der Waals surface area contributed by atoms with E-state index in [-0.39, 0.29) is 34.5 Å². The van der Waals surface area contributed by atoms with Gasteiger partial charge in [-0.1, -0.05) is 31.1 Å². The molecule has 2 saturated heterocycles. The highest BCUT2D eigenvalue weighted by Crippen LogP contribution is 2.49.